The first-order valence-electron chi connectivity index (χ1n) is 10.3. The van der Waals surface area contributed by atoms with E-state index in [9.17, 15) is 0 Å². The molecule has 2 nitrogen and oxygen atoms in total. The van der Waals surface area contributed by atoms with E-state index in [1.165, 1.54) is 51.6 Å². The lowest BCUT2D eigenvalue weighted by atomic mass is 9.51. The summed E-state index contributed by atoms with van der Waals surface area (Å²) >= 11 is 0. The number of likely N-dealkylation sites (tertiary alicyclic amines) is 1. The molecule has 5 atom stereocenters. The van der Waals surface area contributed by atoms with Crippen molar-refractivity contribution in [3.63, 3.8) is 0 Å². The molecule has 132 valence electrons. The SMILES string of the molecule is C=C1C[C@@]23CCN(CC4CC4)C(Cc4ccc(OC)cc42)C3C2CC12. The van der Waals surface area contributed by atoms with Gasteiger partial charge in [0.05, 0.1) is 7.11 Å². The molecule has 0 N–H and O–H groups in total. The number of allylic oxidation sites excluding steroid dienone is 1. The molecular weight excluding hydrogens is 306 g/mol. The van der Waals surface area contributed by atoms with Crippen LogP contribution in [-0.4, -0.2) is 31.1 Å². The summed E-state index contributed by atoms with van der Waals surface area (Å²) in [4.78, 5) is 2.90. The zero-order chi connectivity index (χ0) is 16.8. The van der Waals surface area contributed by atoms with Gasteiger partial charge in [0, 0.05) is 18.0 Å². The van der Waals surface area contributed by atoms with Crippen LogP contribution < -0.4 is 4.74 Å². The Morgan fingerprint density at radius 1 is 1.32 bits per heavy atom. The fourth-order valence-electron chi connectivity index (χ4n) is 6.86. The molecule has 2 bridgehead atoms. The molecule has 3 saturated carbocycles. The van der Waals surface area contributed by atoms with Crippen LogP contribution in [0.3, 0.4) is 0 Å². The van der Waals surface area contributed by atoms with E-state index < -0.39 is 0 Å². The molecule has 1 saturated heterocycles. The lowest BCUT2D eigenvalue weighted by molar-refractivity contribution is -0.0110. The maximum Gasteiger partial charge on any atom is 0.119 e. The molecule has 1 aliphatic heterocycles. The standard InChI is InChI=1S/C23H29NO/c1-14-12-23-7-8-24(13-15-3-4-15)21(22(23)19-11-18(14)19)9-16-5-6-17(25-2)10-20(16)23/h5-6,10,15,18-19,21-22H,1,3-4,7-9,11-13H2,2H3/t18?,19?,21?,22?,23-/m0/s1. The van der Waals surface area contributed by atoms with Gasteiger partial charge >= 0.3 is 0 Å². The summed E-state index contributed by atoms with van der Waals surface area (Å²) < 4.78 is 5.61. The van der Waals surface area contributed by atoms with Crippen LogP contribution in [0.4, 0.5) is 0 Å². The van der Waals surface area contributed by atoms with Crippen molar-refractivity contribution in [2.45, 2.75) is 50.0 Å². The molecule has 25 heavy (non-hydrogen) atoms. The zero-order valence-electron chi connectivity index (χ0n) is 15.3. The van der Waals surface area contributed by atoms with Gasteiger partial charge in [-0.05, 0) is 92.0 Å². The van der Waals surface area contributed by atoms with Gasteiger partial charge in [-0.3, -0.25) is 4.90 Å². The van der Waals surface area contributed by atoms with E-state index in [1.54, 1.807) is 23.8 Å². The molecule has 1 heterocycles. The summed E-state index contributed by atoms with van der Waals surface area (Å²) in [5, 5.41) is 0. The van der Waals surface area contributed by atoms with Crippen molar-refractivity contribution < 1.29 is 4.74 Å². The highest BCUT2D eigenvalue weighted by Crippen LogP contribution is 2.67. The molecule has 6 rings (SSSR count). The van der Waals surface area contributed by atoms with Crippen molar-refractivity contribution in [3.05, 3.63) is 41.5 Å². The van der Waals surface area contributed by atoms with Crippen LogP contribution in [0.15, 0.2) is 30.4 Å². The number of rotatable bonds is 3. The number of hydrogen-bond donors (Lipinski definition) is 0. The maximum atomic E-state index is 5.61. The van der Waals surface area contributed by atoms with E-state index in [0.29, 0.717) is 5.41 Å². The molecular formula is C23H29NO. The van der Waals surface area contributed by atoms with Crippen molar-refractivity contribution in [2.75, 3.05) is 20.2 Å². The monoisotopic (exact) mass is 335 g/mol. The third-order valence-electron chi connectivity index (χ3n) is 8.21. The highest BCUT2D eigenvalue weighted by atomic mass is 16.5. The first-order valence-corrected chi connectivity index (χ1v) is 10.3. The van der Waals surface area contributed by atoms with E-state index in [1.807, 2.05) is 0 Å². The molecule has 4 unspecified atom stereocenters. The van der Waals surface area contributed by atoms with Gasteiger partial charge in [0.25, 0.3) is 0 Å². The van der Waals surface area contributed by atoms with E-state index in [2.05, 4.69) is 29.7 Å². The summed E-state index contributed by atoms with van der Waals surface area (Å²) in [7, 11) is 1.80. The maximum absolute atomic E-state index is 5.61. The normalized spacial score (nSPS) is 41.6. The first kappa shape index (κ1) is 14.8. The van der Waals surface area contributed by atoms with Gasteiger partial charge in [-0.2, -0.15) is 0 Å². The number of nitrogens with zero attached hydrogens (tertiary/aromatic N) is 1. The Labute approximate surface area is 151 Å². The van der Waals surface area contributed by atoms with Gasteiger partial charge in [0.15, 0.2) is 0 Å². The average Bonchev–Trinajstić information content (AvgIpc) is 3.51. The molecule has 0 radical (unpaired) electrons. The number of piperidine rings is 1. The molecule has 0 aromatic heterocycles. The van der Waals surface area contributed by atoms with Crippen molar-refractivity contribution in [3.8, 4) is 5.75 Å². The molecule has 4 aliphatic carbocycles. The summed E-state index contributed by atoms with van der Waals surface area (Å²) in [5.74, 6) is 4.64. The molecule has 1 aromatic rings. The topological polar surface area (TPSA) is 12.5 Å². The minimum Gasteiger partial charge on any atom is -0.497 e. The average molecular weight is 335 g/mol. The molecule has 1 aromatic carbocycles. The lowest BCUT2D eigenvalue weighted by Crippen LogP contribution is -2.62. The summed E-state index contributed by atoms with van der Waals surface area (Å²) in [6.07, 6.45) is 8.16. The van der Waals surface area contributed by atoms with Crippen LogP contribution in [0, 0.1) is 23.7 Å². The number of benzene rings is 1. The fraction of sp³-hybridized carbons (Fsp3) is 0.652. The van der Waals surface area contributed by atoms with Crippen molar-refractivity contribution in [1.29, 1.82) is 0 Å². The van der Waals surface area contributed by atoms with Crippen molar-refractivity contribution in [1.82, 2.24) is 4.90 Å². The molecule has 4 fully saturated rings. The van der Waals surface area contributed by atoms with E-state index in [-0.39, 0.29) is 0 Å². The number of fused-ring (bicyclic) bond motifs is 2. The minimum absolute atomic E-state index is 0.349. The van der Waals surface area contributed by atoms with Crippen LogP contribution >= 0.6 is 0 Å². The quantitative estimate of drug-likeness (QED) is 0.768. The van der Waals surface area contributed by atoms with E-state index >= 15 is 0 Å². The van der Waals surface area contributed by atoms with Gasteiger partial charge in [-0.25, -0.2) is 0 Å². The van der Waals surface area contributed by atoms with E-state index in [4.69, 9.17) is 4.74 Å². The van der Waals surface area contributed by atoms with Gasteiger partial charge in [0.1, 0.15) is 5.75 Å². The van der Waals surface area contributed by atoms with Gasteiger partial charge in [-0.15, -0.1) is 0 Å². The molecule has 2 heteroatoms. The van der Waals surface area contributed by atoms with Crippen LogP contribution in [-0.2, 0) is 11.8 Å². The molecule has 5 aliphatic rings. The predicted molar refractivity (Wildman–Crippen MR) is 99.9 cm³/mol. The van der Waals surface area contributed by atoms with Crippen LogP contribution in [0.1, 0.15) is 43.2 Å². The number of hydrogen-bond acceptors (Lipinski definition) is 2. The Morgan fingerprint density at radius 2 is 2.20 bits per heavy atom. The third kappa shape index (κ3) is 2.01. The predicted octanol–water partition coefficient (Wildman–Crippen LogP) is 4.19. The van der Waals surface area contributed by atoms with Crippen molar-refractivity contribution >= 4 is 0 Å². The highest BCUT2D eigenvalue weighted by molar-refractivity contribution is 5.48. The Kier molecular flexibility index (Phi) is 2.92. The van der Waals surface area contributed by atoms with Crippen LogP contribution in [0.25, 0.3) is 0 Å². The largest absolute Gasteiger partial charge is 0.497 e. The lowest BCUT2D eigenvalue weighted by Gasteiger charge is -2.59. The number of methoxy groups -OCH3 is 1. The second-order valence-electron chi connectivity index (χ2n) is 9.51. The van der Waals surface area contributed by atoms with Crippen molar-refractivity contribution in [2.24, 2.45) is 23.7 Å². The fourth-order valence-corrected chi connectivity index (χ4v) is 6.86. The Hall–Kier alpha value is -1.28. The summed E-state index contributed by atoms with van der Waals surface area (Å²) in [6.45, 7) is 7.17. The van der Waals surface area contributed by atoms with E-state index in [0.717, 1.165) is 35.5 Å². The summed E-state index contributed by atoms with van der Waals surface area (Å²) in [6, 6.07) is 7.69. The highest BCUT2D eigenvalue weighted by Gasteiger charge is 2.64. The third-order valence-corrected chi connectivity index (χ3v) is 8.21. The second kappa shape index (κ2) is 4.91. The van der Waals surface area contributed by atoms with Crippen LogP contribution in [0.2, 0.25) is 0 Å². The molecule has 0 amide bonds. The smallest absolute Gasteiger partial charge is 0.119 e. The number of ether oxygens (including phenoxy) is 1. The Balaban J connectivity index is 1.48. The van der Waals surface area contributed by atoms with Crippen LogP contribution in [0.5, 0.6) is 5.75 Å². The van der Waals surface area contributed by atoms with Gasteiger partial charge in [0.2, 0.25) is 0 Å². The van der Waals surface area contributed by atoms with Gasteiger partial charge < -0.3 is 4.74 Å². The summed E-state index contributed by atoms with van der Waals surface area (Å²) in [5.41, 5.74) is 5.10. The molecule has 0 spiro atoms. The minimum atomic E-state index is 0.349. The zero-order valence-corrected chi connectivity index (χ0v) is 15.3. The first-order chi connectivity index (χ1) is 12.2. The second-order valence-corrected chi connectivity index (χ2v) is 9.51. The Bertz CT molecular complexity index is 750. The Morgan fingerprint density at radius 3 is 3.00 bits per heavy atom. The van der Waals surface area contributed by atoms with Gasteiger partial charge in [-0.1, -0.05) is 18.2 Å².